The fourth-order valence-electron chi connectivity index (χ4n) is 1.58. The Morgan fingerprint density at radius 2 is 2.17 bits per heavy atom. The third kappa shape index (κ3) is 4.36. The van der Waals surface area contributed by atoms with Crippen molar-refractivity contribution in [2.24, 2.45) is 10.2 Å². The number of hydrogen-bond donors (Lipinski definition) is 2. The Morgan fingerprint density at radius 3 is 2.83 bits per heavy atom. The monoisotopic (exact) mass is 469 g/mol. The van der Waals surface area contributed by atoms with Crippen molar-refractivity contribution in [1.29, 1.82) is 0 Å². The molecule has 2 N–H and O–H groups in total. The van der Waals surface area contributed by atoms with E-state index in [2.05, 4.69) is 47.4 Å². The topological polar surface area (TPSA) is 91.1 Å². The van der Waals surface area contributed by atoms with Crippen LogP contribution in [0.1, 0.15) is 12.0 Å². The number of hydrogen-bond acceptors (Lipinski definition) is 5. The quantitative estimate of drug-likeness (QED) is 0.306. The van der Waals surface area contributed by atoms with Gasteiger partial charge in [-0.05, 0) is 37.9 Å². The van der Waals surface area contributed by atoms with Crippen LogP contribution in [0.2, 0.25) is 0 Å². The standard InChI is InChI=1S/C12H7Br2F2N3O3S/c13-5-1-6(15)9(14)10(16)4(5)3-17-19-12-18-11(22)7(23-12)2-8(20)21/h1,3,7H,2H2,(H,20,21)(H,18,19,22). The fourth-order valence-corrected chi connectivity index (χ4v) is 3.30. The smallest absolute Gasteiger partial charge is 0.305 e. The minimum Gasteiger partial charge on any atom is -0.481 e. The largest absolute Gasteiger partial charge is 0.481 e. The fraction of sp³-hybridized carbons (Fsp3) is 0.167. The molecule has 1 heterocycles. The molecule has 0 aliphatic carbocycles. The summed E-state index contributed by atoms with van der Waals surface area (Å²) in [6.07, 6.45) is 0.707. The van der Waals surface area contributed by atoms with E-state index in [1.807, 2.05) is 0 Å². The van der Waals surface area contributed by atoms with E-state index in [0.717, 1.165) is 24.0 Å². The lowest BCUT2D eigenvalue weighted by Gasteiger charge is -2.03. The van der Waals surface area contributed by atoms with Crippen LogP contribution in [-0.4, -0.2) is 33.6 Å². The Kier molecular flexibility index (Phi) is 5.87. The van der Waals surface area contributed by atoms with Gasteiger partial charge in [-0.15, -0.1) is 5.10 Å². The van der Waals surface area contributed by atoms with Crippen LogP contribution in [0.5, 0.6) is 0 Å². The van der Waals surface area contributed by atoms with Crippen molar-refractivity contribution in [2.45, 2.75) is 11.7 Å². The maximum absolute atomic E-state index is 13.9. The van der Waals surface area contributed by atoms with Crippen LogP contribution in [-0.2, 0) is 9.59 Å². The van der Waals surface area contributed by atoms with Gasteiger partial charge in [-0.25, -0.2) is 8.78 Å². The minimum absolute atomic E-state index is 0.0287. The highest BCUT2D eigenvalue weighted by Crippen LogP contribution is 2.28. The predicted molar refractivity (Wildman–Crippen MR) is 88.6 cm³/mol. The number of benzene rings is 1. The van der Waals surface area contributed by atoms with Crippen LogP contribution in [0, 0.1) is 11.6 Å². The first-order valence-corrected chi connectivity index (χ1v) is 8.39. The van der Waals surface area contributed by atoms with E-state index in [-0.39, 0.29) is 26.1 Å². The summed E-state index contributed by atoms with van der Waals surface area (Å²) >= 11 is 6.70. The first-order chi connectivity index (χ1) is 10.8. The molecule has 11 heteroatoms. The van der Waals surface area contributed by atoms with E-state index < -0.39 is 28.8 Å². The molecular formula is C12H7Br2F2N3O3S. The average molecular weight is 471 g/mol. The van der Waals surface area contributed by atoms with Crippen LogP contribution in [0.15, 0.2) is 25.2 Å². The Labute approximate surface area is 149 Å². The number of carboxylic acid groups (broad SMARTS) is 1. The lowest BCUT2D eigenvalue weighted by Crippen LogP contribution is -2.26. The molecule has 1 aromatic carbocycles. The van der Waals surface area contributed by atoms with E-state index in [9.17, 15) is 18.4 Å². The number of halogens is 4. The number of amides is 1. The summed E-state index contributed by atoms with van der Waals surface area (Å²) in [6.45, 7) is 0. The van der Waals surface area contributed by atoms with Crippen molar-refractivity contribution in [3.05, 3.63) is 32.2 Å². The molecule has 23 heavy (non-hydrogen) atoms. The highest BCUT2D eigenvalue weighted by molar-refractivity contribution is 9.11. The van der Waals surface area contributed by atoms with Crippen molar-refractivity contribution in [1.82, 2.24) is 5.32 Å². The van der Waals surface area contributed by atoms with Crippen molar-refractivity contribution < 1.29 is 23.5 Å². The van der Waals surface area contributed by atoms with Crippen molar-refractivity contribution >= 4 is 66.9 Å². The summed E-state index contributed by atoms with van der Waals surface area (Å²) < 4.78 is 27.0. The van der Waals surface area contributed by atoms with Gasteiger partial charge in [-0.1, -0.05) is 11.8 Å². The summed E-state index contributed by atoms with van der Waals surface area (Å²) in [5, 5.41) is 17.7. The second-order valence-electron chi connectivity index (χ2n) is 4.23. The number of aliphatic carboxylic acids is 1. The Hall–Kier alpha value is -1.33. The molecule has 1 fully saturated rings. The summed E-state index contributed by atoms with van der Waals surface area (Å²) in [5.74, 6) is -3.21. The van der Waals surface area contributed by atoms with E-state index >= 15 is 0 Å². The molecule has 1 aromatic rings. The Balaban J connectivity index is 2.15. The normalized spacial score (nSPS) is 19.6. The Morgan fingerprint density at radius 1 is 1.48 bits per heavy atom. The van der Waals surface area contributed by atoms with Gasteiger partial charge in [0.05, 0.1) is 17.1 Å². The zero-order valence-corrected chi connectivity index (χ0v) is 15.0. The number of nitrogens with zero attached hydrogens (tertiary/aromatic N) is 2. The molecule has 0 radical (unpaired) electrons. The first kappa shape index (κ1) is 18.0. The number of rotatable bonds is 4. The molecule has 1 saturated heterocycles. The van der Waals surface area contributed by atoms with Crippen molar-refractivity contribution in [3.8, 4) is 0 Å². The molecule has 0 spiro atoms. The molecule has 1 amide bonds. The van der Waals surface area contributed by atoms with E-state index in [1.165, 1.54) is 0 Å². The molecule has 1 unspecified atom stereocenters. The first-order valence-electron chi connectivity index (χ1n) is 5.93. The number of carbonyl (C=O) groups is 2. The van der Waals surface area contributed by atoms with Gasteiger partial charge in [-0.3, -0.25) is 9.59 Å². The van der Waals surface area contributed by atoms with Crippen molar-refractivity contribution in [3.63, 3.8) is 0 Å². The molecule has 0 bridgehead atoms. The summed E-state index contributed by atoms with van der Waals surface area (Å²) in [5.41, 5.74) is -0.0287. The van der Waals surface area contributed by atoms with Gasteiger partial charge < -0.3 is 10.4 Å². The lowest BCUT2D eigenvalue weighted by atomic mass is 10.2. The second-order valence-corrected chi connectivity index (χ2v) is 7.06. The number of amidine groups is 1. The number of carbonyl (C=O) groups excluding carboxylic acids is 1. The third-order valence-corrected chi connectivity index (χ3v) is 5.08. The molecule has 0 aromatic heterocycles. The zero-order valence-electron chi connectivity index (χ0n) is 11.0. The van der Waals surface area contributed by atoms with Crippen LogP contribution in [0.25, 0.3) is 0 Å². The summed E-state index contributed by atoms with van der Waals surface area (Å²) in [4.78, 5) is 22.1. The third-order valence-electron chi connectivity index (χ3n) is 2.62. The summed E-state index contributed by atoms with van der Waals surface area (Å²) in [7, 11) is 0. The van der Waals surface area contributed by atoms with E-state index in [0.29, 0.717) is 0 Å². The molecule has 2 rings (SSSR count). The van der Waals surface area contributed by atoms with E-state index in [4.69, 9.17) is 5.11 Å². The molecule has 122 valence electrons. The van der Waals surface area contributed by atoms with Gasteiger partial charge in [0.1, 0.15) is 16.9 Å². The van der Waals surface area contributed by atoms with Gasteiger partial charge in [0, 0.05) is 10.0 Å². The highest BCUT2D eigenvalue weighted by atomic mass is 79.9. The van der Waals surface area contributed by atoms with Crippen LogP contribution >= 0.6 is 43.6 Å². The molecule has 1 atom stereocenters. The minimum atomic E-state index is -1.11. The van der Waals surface area contributed by atoms with Crippen molar-refractivity contribution in [2.75, 3.05) is 0 Å². The predicted octanol–water partition coefficient (Wildman–Crippen LogP) is 2.89. The van der Waals surface area contributed by atoms with Gasteiger partial charge >= 0.3 is 5.97 Å². The highest BCUT2D eigenvalue weighted by Gasteiger charge is 2.32. The summed E-state index contributed by atoms with van der Waals surface area (Å²) in [6, 6.07) is 1.07. The van der Waals surface area contributed by atoms with Crippen LogP contribution in [0.4, 0.5) is 8.78 Å². The number of carboxylic acids is 1. The lowest BCUT2D eigenvalue weighted by molar-refractivity contribution is -0.138. The number of thioether (sulfide) groups is 1. The van der Waals surface area contributed by atoms with Gasteiger partial charge in [-0.2, -0.15) is 5.10 Å². The SMILES string of the molecule is O=C(O)CC1SC(=NN=Cc2c(Br)cc(F)c(Br)c2F)NC1=O. The Bertz CT molecular complexity index is 743. The van der Waals surface area contributed by atoms with Gasteiger partial charge in [0.25, 0.3) is 0 Å². The van der Waals surface area contributed by atoms with E-state index in [1.54, 1.807) is 0 Å². The average Bonchev–Trinajstić information content (AvgIpc) is 2.80. The second kappa shape index (κ2) is 7.49. The molecular weight excluding hydrogens is 464 g/mol. The molecule has 1 aliphatic heterocycles. The zero-order chi connectivity index (χ0) is 17.1. The maximum Gasteiger partial charge on any atom is 0.305 e. The number of nitrogens with one attached hydrogen (secondary N) is 1. The molecule has 6 nitrogen and oxygen atoms in total. The van der Waals surface area contributed by atoms with Gasteiger partial charge in [0.2, 0.25) is 5.91 Å². The molecule has 0 saturated carbocycles. The van der Waals surface area contributed by atoms with Crippen LogP contribution in [0.3, 0.4) is 0 Å². The molecule has 1 aliphatic rings. The van der Waals surface area contributed by atoms with Crippen LogP contribution < -0.4 is 5.32 Å². The maximum atomic E-state index is 13.9. The van der Waals surface area contributed by atoms with Gasteiger partial charge in [0.15, 0.2) is 5.17 Å².